The van der Waals surface area contributed by atoms with Crippen molar-refractivity contribution in [3.63, 3.8) is 0 Å². The van der Waals surface area contributed by atoms with Gasteiger partial charge in [-0.3, -0.25) is 4.90 Å². The number of halogens is 3. The van der Waals surface area contributed by atoms with Crippen molar-refractivity contribution in [2.75, 3.05) is 37.7 Å². The number of aromatic hydroxyl groups is 1. The maximum absolute atomic E-state index is 16.9. The number of hydrogen-bond donors (Lipinski definition) is 2. The van der Waals surface area contributed by atoms with Crippen LogP contribution >= 0.6 is 0 Å². The van der Waals surface area contributed by atoms with Gasteiger partial charge in [0, 0.05) is 54.5 Å². The first kappa shape index (κ1) is 28.4. The number of rotatable bonds is 5. The summed E-state index contributed by atoms with van der Waals surface area (Å²) in [5.41, 5.74) is 0.0101. The lowest BCUT2D eigenvalue weighted by Crippen LogP contribution is -2.43. The highest BCUT2D eigenvalue weighted by Gasteiger charge is 2.49. The fourth-order valence-corrected chi connectivity index (χ4v) is 8.20. The maximum atomic E-state index is 16.9. The molecule has 5 heterocycles. The number of terminal acetylenes is 1. The largest absolute Gasteiger partial charge is 0.508 e. The molecule has 0 aliphatic carbocycles. The summed E-state index contributed by atoms with van der Waals surface area (Å²) in [6.45, 7) is 2.90. The first-order valence-electron chi connectivity index (χ1n) is 15.8. The number of fused-ring (bicyclic) bond motifs is 5. The van der Waals surface area contributed by atoms with Crippen LogP contribution in [-0.2, 0) is 0 Å². The molecule has 0 saturated carbocycles. The van der Waals surface area contributed by atoms with Crippen molar-refractivity contribution in [1.82, 2.24) is 20.2 Å². The summed E-state index contributed by atoms with van der Waals surface area (Å²) in [5.74, 6) is 1.62. The number of alkyl halides is 1. The second kappa shape index (κ2) is 10.8. The minimum Gasteiger partial charge on any atom is -0.508 e. The van der Waals surface area contributed by atoms with E-state index in [-0.39, 0.29) is 40.6 Å². The first-order chi connectivity index (χ1) is 21.8. The average molecular weight is 614 g/mol. The van der Waals surface area contributed by atoms with Gasteiger partial charge in [0.25, 0.3) is 0 Å². The number of nitrogens with zero attached hydrogens (tertiary/aromatic N) is 4. The average Bonchev–Trinajstić information content (AvgIpc) is 3.66. The van der Waals surface area contributed by atoms with Gasteiger partial charge in [-0.2, -0.15) is 9.97 Å². The van der Waals surface area contributed by atoms with Crippen LogP contribution < -0.4 is 15.0 Å². The molecule has 10 heteroatoms. The molecular formula is C35H34F3N5O2. The molecule has 1 aromatic heterocycles. The van der Waals surface area contributed by atoms with Gasteiger partial charge in [0.05, 0.1) is 11.1 Å². The van der Waals surface area contributed by atoms with Crippen molar-refractivity contribution in [3.8, 4) is 35.2 Å². The van der Waals surface area contributed by atoms with Gasteiger partial charge in [0.2, 0.25) is 0 Å². The lowest BCUT2D eigenvalue weighted by atomic mass is 9.93. The third kappa shape index (κ3) is 4.75. The lowest BCUT2D eigenvalue weighted by Gasteiger charge is -2.31. The molecule has 0 amide bonds. The fourth-order valence-electron chi connectivity index (χ4n) is 8.20. The first-order valence-corrected chi connectivity index (χ1v) is 15.8. The molecule has 232 valence electrons. The Bertz CT molecular complexity index is 1880. The highest BCUT2D eigenvalue weighted by Crippen LogP contribution is 2.42. The van der Waals surface area contributed by atoms with Crippen LogP contribution in [0, 0.1) is 24.0 Å². The topological polar surface area (TPSA) is 73.8 Å². The Morgan fingerprint density at radius 1 is 1.04 bits per heavy atom. The van der Waals surface area contributed by atoms with Crippen LogP contribution in [0.1, 0.15) is 44.1 Å². The molecule has 4 aliphatic heterocycles. The Morgan fingerprint density at radius 2 is 1.91 bits per heavy atom. The molecule has 2 bridgehead atoms. The summed E-state index contributed by atoms with van der Waals surface area (Å²) in [5, 5.41) is 15.6. The summed E-state index contributed by atoms with van der Waals surface area (Å²) >= 11 is 0. The van der Waals surface area contributed by atoms with Gasteiger partial charge in [-0.1, -0.05) is 18.1 Å². The Kier molecular flexibility index (Phi) is 6.80. The van der Waals surface area contributed by atoms with Crippen LogP contribution in [0.2, 0.25) is 0 Å². The standard InChI is InChI=1S/C35H34F3N5O2/c1-2-25-29(37)9-4-20-14-24(44)15-28(30(20)25)26-7-8-27-32(31(26)38)40-34(45-19-35-11-3-12-43(35)17-21(36)16-35)41-33(27)42-13-10-22-5-6-23(18-42)39-22/h1,4,7-9,14-15,21-23,39,44H,3,5-6,10-13,16-19H2/t21-,22-,23+,35+/m1/s1. The van der Waals surface area contributed by atoms with Crippen molar-refractivity contribution < 1.29 is 23.0 Å². The van der Waals surface area contributed by atoms with Crippen LogP contribution in [0.3, 0.4) is 0 Å². The normalized spacial score (nSPS) is 26.4. The number of nitrogens with one attached hydrogen (secondary N) is 1. The van der Waals surface area contributed by atoms with Crippen molar-refractivity contribution in [2.24, 2.45) is 0 Å². The minimum absolute atomic E-state index is 0.00961. The molecule has 4 aliphatic rings. The molecule has 0 unspecified atom stereocenters. The molecule has 3 aromatic carbocycles. The Balaban J connectivity index is 1.27. The van der Waals surface area contributed by atoms with E-state index >= 15 is 4.39 Å². The molecule has 2 N–H and O–H groups in total. The van der Waals surface area contributed by atoms with E-state index in [1.165, 1.54) is 24.3 Å². The summed E-state index contributed by atoms with van der Waals surface area (Å²) in [6.07, 6.45) is 10.1. The number of anilines is 1. The van der Waals surface area contributed by atoms with Gasteiger partial charge in [0.1, 0.15) is 35.7 Å². The zero-order valence-electron chi connectivity index (χ0n) is 24.8. The van der Waals surface area contributed by atoms with Gasteiger partial charge in [-0.05, 0) is 73.9 Å². The Morgan fingerprint density at radius 3 is 2.78 bits per heavy atom. The Hall–Kier alpha value is -4.07. The van der Waals surface area contributed by atoms with E-state index in [2.05, 4.69) is 26.0 Å². The van der Waals surface area contributed by atoms with E-state index in [0.29, 0.717) is 53.6 Å². The predicted molar refractivity (Wildman–Crippen MR) is 167 cm³/mol. The summed E-state index contributed by atoms with van der Waals surface area (Å²) in [7, 11) is 0. The van der Waals surface area contributed by atoms with Crippen LogP contribution in [0.25, 0.3) is 32.8 Å². The van der Waals surface area contributed by atoms with Gasteiger partial charge >= 0.3 is 6.01 Å². The number of benzene rings is 3. The molecule has 4 atom stereocenters. The van der Waals surface area contributed by atoms with Crippen LogP contribution in [0.4, 0.5) is 19.0 Å². The molecule has 4 saturated heterocycles. The van der Waals surface area contributed by atoms with Crippen molar-refractivity contribution in [1.29, 1.82) is 0 Å². The minimum atomic E-state index is -0.906. The van der Waals surface area contributed by atoms with Crippen molar-refractivity contribution in [2.45, 2.75) is 62.3 Å². The van der Waals surface area contributed by atoms with Crippen LogP contribution in [0.15, 0.2) is 36.4 Å². The van der Waals surface area contributed by atoms with E-state index in [1.54, 1.807) is 12.1 Å². The molecule has 4 fully saturated rings. The molecule has 0 spiro atoms. The second-order valence-corrected chi connectivity index (χ2v) is 13.0. The highest BCUT2D eigenvalue weighted by atomic mass is 19.1. The molecule has 4 aromatic rings. The van der Waals surface area contributed by atoms with Crippen LogP contribution in [0.5, 0.6) is 11.8 Å². The molecule has 7 nitrogen and oxygen atoms in total. The molecular weight excluding hydrogens is 579 g/mol. The van der Waals surface area contributed by atoms with Crippen LogP contribution in [-0.4, -0.2) is 76.6 Å². The Labute approximate surface area is 259 Å². The predicted octanol–water partition coefficient (Wildman–Crippen LogP) is 5.70. The van der Waals surface area contributed by atoms with Crippen molar-refractivity contribution in [3.05, 3.63) is 53.6 Å². The molecule has 45 heavy (non-hydrogen) atoms. The molecule has 0 radical (unpaired) electrons. The maximum Gasteiger partial charge on any atom is 0.319 e. The second-order valence-electron chi connectivity index (χ2n) is 13.0. The van der Waals surface area contributed by atoms with Gasteiger partial charge < -0.3 is 20.1 Å². The third-order valence-corrected chi connectivity index (χ3v) is 10.3. The zero-order valence-corrected chi connectivity index (χ0v) is 24.8. The SMILES string of the molecule is C#Cc1c(F)ccc2cc(O)cc(-c3ccc4c(N5CC[C@H]6CC[C@@H](C5)N6)nc(OC[C@@]56CCCN5C[C@H](F)C6)nc4c3F)c12. The van der Waals surface area contributed by atoms with E-state index in [1.807, 2.05) is 0 Å². The van der Waals surface area contributed by atoms with Gasteiger partial charge in [-0.15, -0.1) is 6.42 Å². The number of aromatic nitrogens is 2. The summed E-state index contributed by atoms with van der Waals surface area (Å²) in [6, 6.07) is 9.79. The fraction of sp³-hybridized carbons (Fsp3) is 0.429. The van der Waals surface area contributed by atoms with E-state index in [9.17, 15) is 13.9 Å². The van der Waals surface area contributed by atoms with E-state index in [4.69, 9.17) is 16.1 Å². The number of hydrogen-bond acceptors (Lipinski definition) is 7. The summed E-state index contributed by atoms with van der Waals surface area (Å²) in [4.78, 5) is 13.8. The summed E-state index contributed by atoms with van der Waals surface area (Å²) < 4.78 is 52.4. The van der Waals surface area contributed by atoms with E-state index < -0.39 is 23.3 Å². The molecule has 8 rings (SSSR count). The smallest absolute Gasteiger partial charge is 0.319 e. The van der Waals surface area contributed by atoms with Crippen molar-refractivity contribution >= 4 is 27.5 Å². The number of ether oxygens (including phenoxy) is 1. The van der Waals surface area contributed by atoms with E-state index in [0.717, 1.165) is 45.2 Å². The quantitative estimate of drug-likeness (QED) is 0.280. The van der Waals surface area contributed by atoms with Gasteiger partial charge in [-0.25, -0.2) is 13.2 Å². The van der Waals surface area contributed by atoms with Gasteiger partial charge in [0.15, 0.2) is 5.82 Å². The number of phenolic OH excluding ortho intramolecular Hbond substituents is 1. The lowest BCUT2D eigenvalue weighted by molar-refractivity contribution is 0.107. The number of phenols is 1. The zero-order chi connectivity index (χ0) is 30.9. The monoisotopic (exact) mass is 613 g/mol. The third-order valence-electron chi connectivity index (χ3n) is 10.3. The highest BCUT2D eigenvalue weighted by molar-refractivity contribution is 6.04.